The summed E-state index contributed by atoms with van der Waals surface area (Å²) in [6, 6.07) is 0.375. The van der Waals surface area contributed by atoms with Crippen molar-refractivity contribution < 1.29 is 26.3 Å². The summed E-state index contributed by atoms with van der Waals surface area (Å²) in [5, 5.41) is 0. The van der Waals surface area contributed by atoms with Crippen LogP contribution in [0.1, 0.15) is 31.4 Å². The minimum atomic E-state index is -4.59. The summed E-state index contributed by atoms with van der Waals surface area (Å²) in [5.41, 5.74) is -1.06. The second kappa shape index (κ2) is 5.54. The second-order valence-electron chi connectivity index (χ2n) is 5.62. The molecule has 1 aliphatic heterocycles. The average molecular weight is 338 g/mol. The first kappa shape index (κ1) is 15.8. The largest absolute Gasteiger partial charge is 0.431 e. The molecule has 2 heterocycles. The van der Waals surface area contributed by atoms with Gasteiger partial charge in [0.25, 0.3) is 0 Å². The van der Waals surface area contributed by atoms with Crippen LogP contribution in [0.2, 0.25) is 0 Å². The van der Waals surface area contributed by atoms with Crippen LogP contribution in [0.4, 0.5) is 13.2 Å². The first-order valence-electron chi connectivity index (χ1n) is 7.19. The zero-order valence-electron chi connectivity index (χ0n) is 11.8. The number of aromatic amines is 1. The number of fused-ring (bicyclic) bond motifs is 1. The number of sulfonamides is 1. The van der Waals surface area contributed by atoms with E-state index in [-0.39, 0.29) is 30.2 Å². The fourth-order valence-corrected chi connectivity index (χ4v) is 4.84. The number of H-pyrrole nitrogens is 1. The molecule has 0 spiro atoms. The van der Waals surface area contributed by atoms with Crippen LogP contribution in [-0.4, -0.2) is 43.0 Å². The Labute approximate surface area is 126 Å². The third-order valence-corrected chi connectivity index (χ3v) is 6.15. The first-order chi connectivity index (χ1) is 10.3. The lowest BCUT2D eigenvalue weighted by Crippen LogP contribution is -2.54. The maximum absolute atomic E-state index is 12.7. The highest BCUT2D eigenvalue weighted by Crippen LogP contribution is 2.34. The molecule has 2 fully saturated rings. The van der Waals surface area contributed by atoms with Gasteiger partial charge in [-0.3, -0.25) is 0 Å². The van der Waals surface area contributed by atoms with Crippen molar-refractivity contribution in [3.8, 4) is 0 Å². The molecule has 1 aromatic heterocycles. The number of hydrogen-bond acceptors (Lipinski definition) is 3. The topological polar surface area (TPSA) is 62.4 Å². The van der Waals surface area contributed by atoms with Crippen LogP contribution in [0.3, 0.4) is 0 Å². The molecule has 124 valence electrons. The molecule has 0 bridgehead atoms. The number of alkyl halides is 3. The SMILES string of the molecule is O=S(=O)(c1c[nH]c(C(F)(F)F)c1)N1CCO[C@H]2CCCC[C@@H]21. The van der Waals surface area contributed by atoms with E-state index >= 15 is 0 Å². The Balaban J connectivity index is 1.90. The number of rotatable bonds is 2. The number of halogens is 3. The predicted molar refractivity (Wildman–Crippen MR) is 71.7 cm³/mol. The van der Waals surface area contributed by atoms with Gasteiger partial charge in [-0.05, 0) is 18.9 Å². The third-order valence-electron chi connectivity index (χ3n) is 4.25. The summed E-state index contributed by atoms with van der Waals surface area (Å²) in [6.45, 7) is 0.451. The van der Waals surface area contributed by atoms with Gasteiger partial charge in [0, 0.05) is 12.7 Å². The van der Waals surface area contributed by atoms with E-state index in [0.717, 1.165) is 25.5 Å². The summed E-state index contributed by atoms with van der Waals surface area (Å²) in [5.74, 6) is 0. The van der Waals surface area contributed by atoms with E-state index in [1.165, 1.54) is 4.31 Å². The third kappa shape index (κ3) is 2.77. The van der Waals surface area contributed by atoms with Gasteiger partial charge in [0.05, 0.1) is 18.8 Å². The van der Waals surface area contributed by atoms with Crippen molar-refractivity contribution in [3.63, 3.8) is 0 Å². The lowest BCUT2D eigenvalue weighted by molar-refractivity contribution is -0.140. The molecule has 2 aliphatic rings. The molecule has 0 radical (unpaired) electrons. The molecule has 0 aromatic carbocycles. The molecule has 22 heavy (non-hydrogen) atoms. The molecule has 0 amide bonds. The van der Waals surface area contributed by atoms with Crippen molar-refractivity contribution in [2.45, 2.75) is 48.9 Å². The highest BCUT2D eigenvalue weighted by atomic mass is 32.2. The Bertz CT molecular complexity index is 639. The van der Waals surface area contributed by atoms with E-state index in [2.05, 4.69) is 0 Å². The van der Waals surface area contributed by atoms with E-state index < -0.39 is 21.9 Å². The fraction of sp³-hybridized carbons (Fsp3) is 0.692. The summed E-state index contributed by atoms with van der Waals surface area (Å²) in [7, 11) is -3.95. The number of nitrogens with one attached hydrogen (secondary N) is 1. The minimum absolute atomic E-state index is 0.154. The van der Waals surface area contributed by atoms with Crippen molar-refractivity contribution in [1.29, 1.82) is 0 Å². The van der Waals surface area contributed by atoms with Crippen LogP contribution in [0, 0.1) is 0 Å². The van der Waals surface area contributed by atoms with Gasteiger partial charge in [0.1, 0.15) is 10.6 Å². The quantitative estimate of drug-likeness (QED) is 0.900. The Kier molecular flexibility index (Phi) is 3.98. The van der Waals surface area contributed by atoms with Gasteiger partial charge in [-0.2, -0.15) is 17.5 Å². The van der Waals surface area contributed by atoms with Crippen LogP contribution in [0.5, 0.6) is 0 Å². The number of ether oxygens (including phenoxy) is 1. The Hall–Kier alpha value is -1.06. The highest BCUT2D eigenvalue weighted by molar-refractivity contribution is 7.89. The van der Waals surface area contributed by atoms with Crippen molar-refractivity contribution in [1.82, 2.24) is 9.29 Å². The molecule has 1 saturated heterocycles. The van der Waals surface area contributed by atoms with Crippen LogP contribution in [0.25, 0.3) is 0 Å². The maximum atomic E-state index is 12.7. The molecule has 1 aliphatic carbocycles. The van der Waals surface area contributed by atoms with E-state index in [9.17, 15) is 21.6 Å². The number of aromatic nitrogens is 1. The molecule has 1 N–H and O–H groups in total. The lowest BCUT2D eigenvalue weighted by Gasteiger charge is -2.42. The lowest BCUT2D eigenvalue weighted by atomic mass is 9.91. The fourth-order valence-electron chi connectivity index (χ4n) is 3.18. The van der Waals surface area contributed by atoms with Crippen molar-refractivity contribution in [2.24, 2.45) is 0 Å². The van der Waals surface area contributed by atoms with Crippen LogP contribution in [-0.2, 0) is 20.9 Å². The molecule has 0 unspecified atom stereocenters. The molecular formula is C13H17F3N2O3S. The summed E-state index contributed by atoms with van der Waals surface area (Å²) < 4.78 is 70.2. The molecule has 5 nitrogen and oxygen atoms in total. The molecule has 2 atom stereocenters. The molecule has 3 rings (SSSR count). The molecule has 9 heteroatoms. The van der Waals surface area contributed by atoms with E-state index in [1.807, 2.05) is 4.98 Å². The normalized spacial score (nSPS) is 27.6. The van der Waals surface area contributed by atoms with Gasteiger partial charge >= 0.3 is 6.18 Å². The van der Waals surface area contributed by atoms with Crippen molar-refractivity contribution in [3.05, 3.63) is 18.0 Å². The smallest absolute Gasteiger partial charge is 0.375 e. The van der Waals surface area contributed by atoms with Crippen molar-refractivity contribution >= 4 is 10.0 Å². The van der Waals surface area contributed by atoms with Crippen LogP contribution in [0.15, 0.2) is 17.2 Å². The standard InChI is InChI=1S/C13H17F3N2O3S/c14-13(15,16)12-7-9(8-17-12)22(19,20)18-5-6-21-11-4-2-1-3-10(11)18/h7-8,10-11,17H,1-6H2/t10-,11-/m0/s1. The summed E-state index contributed by atoms with van der Waals surface area (Å²) in [6.07, 6.45) is -0.483. The molecular weight excluding hydrogens is 321 g/mol. The molecule has 1 aromatic rings. The van der Waals surface area contributed by atoms with E-state index in [0.29, 0.717) is 12.5 Å². The minimum Gasteiger partial charge on any atom is -0.375 e. The monoisotopic (exact) mass is 338 g/mol. The zero-order valence-corrected chi connectivity index (χ0v) is 12.6. The van der Waals surface area contributed by atoms with Gasteiger partial charge in [-0.25, -0.2) is 8.42 Å². The first-order valence-corrected chi connectivity index (χ1v) is 8.63. The van der Waals surface area contributed by atoms with Gasteiger partial charge in [-0.15, -0.1) is 0 Å². The second-order valence-corrected chi connectivity index (χ2v) is 7.51. The van der Waals surface area contributed by atoms with Gasteiger partial charge < -0.3 is 9.72 Å². The van der Waals surface area contributed by atoms with E-state index in [4.69, 9.17) is 4.74 Å². The Morgan fingerprint density at radius 3 is 2.68 bits per heavy atom. The van der Waals surface area contributed by atoms with Gasteiger partial charge in [-0.1, -0.05) is 12.8 Å². The van der Waals surface area contributed by atoms with Gasteiger partial charge in [0.15, 0.2) is 0 Å². The zero-order chi connectivity index (χ0) is 16.0. The van der Waals surface area contributed by atoms with Crippen LogP contribution < -0.4 is 0 Å². The van der Waals surface area contributed by atoms with E-state index in [1.54, 1.807) is 0 Å². The molecule has 1 saturated carbocycles. The Morgan fingerprint density at radius 2 is 2.00 bits per heavy atom. The highest BCUT2D eigenvalue weighted by Gasteiger charge is 2.42. The predicted octanol–water partition coefficient (Wildman–Crippen LogP) is 2.37. The average Bonchev–Trinajstić information content (AvgIpc) is 2.97. The number of morpholine rings is 1. The van der Waals surface area contributed by atoms with Gasteiger partial charge in [0.2, 0.25) is 10.0 Å². The summed E-state index contributed by atoms with van der Waals surface area (Å²) in [4.78, 5) is 1.66. The number of nitrogens with zero attached hydrogens (tertiary/aromatic N) is 1. The summed E-state index contributed by atoms with van der Waals surface area (Å²) >= 11 is 0. The Morgan fingerprint density at radius 1 is 1.27 bits per heavy atom. The maximum Gasteiger partial charge on any atom is 0.431 e. The van der Waals surface area contributed by atoms with Crippen molar-refractivity contribution in [2.75, 3.05) is 13.2 Å². The van der Waals surface area contributed by atoms with Crippen LogP contribution >= 0.6 is 0 Å². The number of hydrogen-bond donors (Lipinski definition) is 1.